The highest BCUT2D eigenvalue weighted by Crippen LogP contribution is 2.26. The number of allylic oxidation sites excluding steroid dienone is 6. The molecule has 1 N–H and O–H groups in total. The fourth-order valence-electron chi connectivity index (χ4n) is 2.60. The van der Waals surface area contributed by atoms with E-state index < -0.39 is 5.97 Å². The summed E-state index contributed by atoms with van der Waals surface area (Å²) in [6.45, 7) is 6.83. The van der Waals surface area contributed by atoms with Gasteiger partial charge in [-0.25, -0.2) is 4.79 Å². The second-order valence-electron chi connectivity index (χ2n) is 6.96. The molecule has 1 aromatic heterocycles. The van der Waals surface area contributed by atoms with E-state index in [1.807, 2.05) is 31.2 Å². The van der Waals surface area contributed by atoms with Crippen LogP contribution in [0.1, 0.15) is 70.6 Å². The maximum atomic E-state index is 10.6. The van der Waals surface area contributed by atoms with Crippen LogP contribution in [0.2, 0.25) is 0 Å². The van der Waals surface area contributed by atoms with Crippen LogP contribution < -0.4 is 4.74 Å². The van der Waals surface area contributed by atoms with Gasteiger partial charge in [0, 0.05) is 11.0 Å². The van der Waals surface area contributed by atoms with E-state index in [1.165, 1.54) is 44.6 Å². The number of thiophene rings is 1. The molecule has 0 saturated carbocycles. The zero-order valence-corrected chi connectivity index (χ0v) is 18.3. The number of carboxylic acids is 1. The standard InChI is InChI=1S/C24H34O3S/c1-4-5-6-7-8-9-10-18-27-24-17-16-22(28-24)15-14-20(2)12-11-13-21(3)19-23(25)26/h11-17,19H,4-10,18H2,1-3H3,(H,25,26). The first-order chi connectivity index (χ1) is 13.5. The van der Waals surface area contributed by atoms with Crippen LogP contribution in [0.25, 0.3) is 6.08 Å². The number of ether oxygens (including phenoxy) is 1. The van der Waals surface area contributed by atoms with Crippen molar-refractivity contribution in [3.8, 4) is 5.06 Å². The van der Waals surface area contributed by atoms with Gasteiger partial charge in [-0.2, -0.15) is 0 Å². The number of aliphatic carboxylic acids is 1. The maximum absolute atomic E-state index is 10.6. The van der Waals surface area contributed by atoms with Crippen LogP contribution in [0.15, 0.2) is 53.7 Å². The highest BCUT2D eigenvalue weighted by molar-refractivity contribution is 7.14. The second kappa shape index (κ2) is 14.9. The van der Waals surface area contributed by atoms with Gasteiger partial charge in [-0.15, -0.1) is 0 Å². The average molecular weight is 403 g/mol. The smallest absolute Gasteiger partial charge is 0.328 e. The SMILES string of the molecule is CCCCCCCCCOc1ccc(C=CC(C)=CC=CC(C)=CC(=O)O)s1. The lowest BCUT2D eigenvalue weighted by atomic mass is 10.1. The Balaban J connectivity index is 2.32. The van der Waals surface area contributed by atoms with Crippen LogP contribution in [0, 0.1) is 0 Å². The molecular weight excluding hydrogens is 368 g/mol. The van der Waals surface area contributed by atoms with E-state index in [1.54, 1.807) is 24.3 Å². The first-order valence-corrected chi connectivity index (χ1v) is 11.0. The van der Waals surface area contributed by atoms with Gasteiger partial charge in [0.05, 0.1) is 6.61 Å². The fourth-order valence-corrected chi connectivity index (χ4v) is 3.38. The van der Waals surface area contributed by atoms with Crippen LogP contribution in [0.5, 0.6) is 5.06 Å². The molecule has 0 amide bonds. The Morgan fingerprint density at radius 3 is 2.46 bits per heavy atom. The minimum absolute atomic E-state index is 0.710. The Morgan fingerprint density at radius 2 is 1.75 bits per heavy atom. The molecule has 0 aromatic carbocycles. The van der Waals surface area contributed by atoms with Crippen molar-refractivity contribution in [3.05, 3.63) is 58.5 Å². The molecule has 0 bridgehead atoms. The molecule has 0 aliphatic carbocycles. The van der Waals surface area contributed by atoms with E-state index in [2.05, 4.69) is 19.1 Å². The van der Waals surface area contributed by atoms with Crippen molar-refractivity contribution < 1.29 is 14.6 Å². The van der Waals surface area contributed by atoms with Gasteiger partial charge in [-0.1, -0.05) is 86.7 Å². The molecule has 0 spiro atoms. The molecule has 28 heavy (non-hydrogen) atoms. The first-order valence-electron chi connectivity index (χ1n) is 10.2. The van der Waals surface area contributed by atoms with Gasteiger partial charge in [-0.05, 0) is 44.1 Å². The van der Waals surface area contributed by atoms with Gasteiger partial charge in [0.1, 0.15) is 0 Å². The van der Waals surface area contributed by atoms with Crippen LogP contribution in [0.3, 0.4) is 0 Å². The van der Waals surface area contributed by atoms with Gasteiger partial charge < -0.3 is 9.84 Å². The fraction of sp³-hybridized carbons (Fsp3) is 0.458. The molecule has 0 aliphatic heterocycles. The highest BCUT2D eigenvalue weighted by atomic mass is 32.1. The van der Waals surface area contributed by atoms with Crippen LogP contribution in [0.4, 0.5) is 0 Å². The van der Waals surface area contributed by atoms with Crippen molar-refractivity contribution in [1.82, 2.24) is 0 Å². The number of carboxylic acid groups (broad SMARTS) is 1. The predicted octanol–water partition coefficient (Wildman–Crippen LogP) is 7.42. The van der Waals surface area contributed by atoms with Crippen molar-refractivity contribution in [1.29, 1.82) is 0 Å². The topological polar surface area (TPSA) is 46.5 Å². The largest absolute Gasteiger partial charge is 0.484 e. The van der Waals surface area contributed by atoms with Gasteiger partial charge in [0.15, 0.2) is 5.06 Å². The summed E-state index contributed by atoms with van der Waals surface area (Å²) >= 11 is 1.66. The van der Waals surface area contributed by atoms with Crippen LogP contribution in [-0.4, -0.2) is 17.7 Å². The Morgan fingerprint density at radius 1 is 1.04 bits per heavy atom. The molecule has 3 nitrogen and oxygen atoms in total. The summed E-state index contributed by atoms with van der Waals surface area (Å²) in [5, 5.41) is 9.65. The summed E-state index contributed by atoms with van der Waals surface area (Å²) in [6.07, 6.45) is 20.0. The van der Waals surface area contributed by atoms with E-state index in [-0.39, 0.29) is 0 Å². The van der Waals surface area contributed by atoms with Crippen molar-refractivity contribution in [2.45, 2.75) is 65.7 Å². The predicted molar refractivity (Wildman–Crippen MR) is 121 cm³/mol. The lowest BCUT2D eigenvalue weighted by Gasteiger charge is -2.03. The Bertz CT molecular complexity index is 692. The Kier molecular flexibility index (Phi) is 12.8. The third-order valence-electron chi connectivity index (χ3n) is 4.17. The Labute approximate surface area is 174 Å². The normalized spacial score (nSPS) is 13.0. The van der Waals surface area contributed by atoms with Gasteiger partial charge in [0.25, 0.3) is 0 Å². The summed E-state index contributed by atoms with van der Waals surface area (Å²) in [5.41, 5.74) is 1.81. The average Bonchev–Trinajstić information content (AvgIpc) is 3.09. The minimum atomic E-state index is -0.926. The minimum Gasteiger partial charge on any atom is -0.484 e. The highest BCUT2D eigenvalue weighted by Gasteiger charge is 1.99. The van der Waals surface area contributed by atoms with Gasteiger partial charge in [0.2, 0.25) is 0 Å². The summed E-state index contributed by atoms with van der Waals surface area (Å²) in [6, 6.07) is 4.11. The summed E-state index contributed by atoms with van der Waals surface area (Å²) in [4.78, 5) is 11.7. The molecule has 0 radical (unpaired) electrons. The molecular formula is C24H34O3S. The lowest BCUT2D eigenvalue weighted by molar-refractivity contribution is -0.131. The Hall–Kier alpha value is -2.07. The second-order valence-corrected chi connectivity index (χ2v) is 8.03. The molecule has 0 aliphatic rings. The third kappa shape index (κ3) is 12.3. The van der Waals surface area contributed by atoms with E-state index >= 15 is 0 Å². The molecule has 4 heteroatoms. The number of carbonyl (C=O) groups is 1. The third-order valence-corrected chi connectivity index (χ3v) is 5.14. The number of hydrogen-bond donors (Lipinski definition) is 1. The number of hydrogen-bond acceptors (Lipinski definition) is 3. The monoisotopic (exact) mass is 402 g/mol. The van der Waals surface area contributed by atoms with Crippen molar-refractivity contribution >= 4 is 23.4 Å². The molecule has 0 unspecified atom stereocenters. The zero-order valence-electron chi connectivity index (χ0n) is 17.4. The zero-order chi connectivity index (χ0) is 20.6. The van der Waals surface area contributed by atoms with Crippen LogP contribution >= 0.6 is 11.3 Å². The molecule has 0 fully saturated rings. The van der Waals surface area contributed by atoms with Crippen molar-refractivity contribution in [2.24, 2.45) is 0 Å². The summed E-state index contributed by atoms with van der Waals surface area (Å²) < 4.78 is 5.85. The summed E-state index contributed by atoms with van der Waals surface area (Å²) in [7, 11) is 0. The van der Waals surface area contributed by atoms with Gasteiger partial charge in [-0.3, -0.25) is 0 Å². The molecule has 1 rings (SSSR count). The van der Waals surface area contributed by atoms with E-state index in [0.717, 1.165) is 28.5 Å². The quantitative estimate of drug-likeness (QED) is 0.200. The molecule has 0 saturated heterocycles. The number of rotatable bonds is 14. The lowest BCUT2D eigenvalue weighted by Crippen LogP contribution is -1.95. The van der Waals surface area contributed by atoms with Gasteiger partial charge >= 0.3 is 5.97 Å². The van der Waals surface area contributed by atoms with E-state index in [0.29, 0.717) is 5.57 Å². The molecule has 154 valence electrons. The summed E-state index contributed by atoms with van der Waals surface area (Å²) in [5.74, 6) is -0.926. The van der Waals surface area contributed by atoms with E-state index in [9.17, 15) is 4.79 Å². The molecule has 1 heterocycles. The maximum Gasteiger partial charge on any atom is 0.328 e. The molecule has 1 aromatic rings. The van der Waals surface area contributed by atoms with Crippen LogP contribution in [-0.2, 0) is 4.79 Å². The van der Waals surface area contributed by atoms with Crippen molar-refractivity contribution in [2.75, 3.05) is 6.61 Å². The van der Waals surface area contributed by atoms with E-state index in [4.69, 9.17) is 9.84 Å². The molecule has 0 atom stereocenters. The first kappa shape index (κ1) is 24.0. The number of unbranched alkanes of at least 4 members (excludes halogenated alkanes) is 6. The van der Waals surface area contributed by atoms with Crippen molar-refractivity contribution in [3.63, 3.8) is 0 Å².